The molecule has 5 rings (SSSR count). The first kappa shape index (κ1) is 18.9. The van der Waals surface area contributed by atoms with Crippen molar-refractivity contribution in [1.29, 1.82) is 0 Å². The molecule has 4 nitrogen and oxygen atoms in total. The van der Waals surface area contributed by atoms with E-state index in [0.29, 0.717) is 17.8 Å². The molecule has 0 aromatic carbocycles. The van der Waals surface area contributed by atoms with Crippen molar-refractivity contribution in [2.75, 3.05) is 0 Å². The molecule has 154 valence electrons. The van der Waals surface area contributed by atoms with Gasteiger partial charge in [-0.25, -0.2) is 4.79 Å². The van der Waals surface area contributed by atoms with E-state index in [1.54, 1.807) is 6.26 Å². The van der Waals surface area contributed by atoms with Gasteiger partial charge in [0.2, 0.25) is 0 Å². The molecule has 4 heteroatoms. The molecule has 1 heterocycles. The van der Waals surface area contributed by atoms with Crippen LogP contribution in [0.15, 0.2) is 27.6 Å². The minimum Gasteiger partial charge on any atom is -0.431 e. The lowest BCUT2D eigenvalue weighted by atomic mass is 9.43. The van der Waals surface area contributed by atoms with Crippen LogP contribution in [0.1, 0.15) is 83.1 Å². The normalized spacial score (nSPS) is 50.5. The third kappa shape index (κ3) is 2.40. The van der Waals surface area contributed by atoms with Crippen molar-refractivity contribution in [1.82, 2.24) is 0 Å². The van der Waals surface area contributed by atoms with Crippen LogP contribution in [0.2, 0.25) is 0 Å². The monoisotopic (exact) mass is 386 g/mol. The number of hydrogen-bond acceptors (Lipinski definition) is 4. The second-order valence-corrected chi connectivity index (χ2v) is 10.8. The van der Waals surface area contributed by atoms with E-state index in [9.17, 15) is 15.0 Å². The average molecular weight is 387 g/mol. The number of aliphatic hydroxyl groups excluding tert-OH is 1. The summed E-state index contributed by atoms with van der Waals surface area (Å²) in [4.78, 5) is 11.4. The van der Waals surface area contributed by atoms with Crippen LogP contribution in [0.3, 0.4) is 0 Å². The van der Waals surface area contributed by atoms with Gasteiger partial charge in [0.15, 0.2) is 0 Å². The van der Waals surface area contributed by atoms with E-state index >= 15 is 0 Å². The third-order valence-corrected chi connectivity index (χ3v) is 9.95. The lowest BCUT2D eigenvalue weighted by Gasteiger charge is -2.63. The van der Waals surface area contributed by atoms with Crippen molar-refractivity contribution < 1.29 is 14.6 Å². The molecule has 0 saturated heterocycles. The van der Waals surface area contributed by atoms with Gasteiger partial charge in [0.05, 0.1) is 18.0 Å². The zero-order valence-corrected chi connectivity index (χ0v) is 17.2. The van der Waals surface area contributed by atoms with E-state index in [-0.39, 0.29) is 28.5 Å². The van der Waals surface area contributed by atoms with Crippen molar-refractivity contribution in [2.24, 2.45) is 28.6 Å². The highest BCUT2D eigenvalue weighted by Gasteiger charge is 2.67. The zero-order chi connectivity index (χ0) is 19.7. The molecule has 4 aliphatic carbocycles. The molecule has 0 amide bonds. The fourth-order valence-electron chi connectivity index (χ4n) is 8.30. The minimum atomic E-state index is -0.638. The van der Waals surface area contributed by atoms with Crippen LogP contribution in [0.5, 0.6) is 0 Å². The largest absolute Gasteiger partial charge is 0.431 e. The molecule has 4 fully saturated rings. The molecule has 8 atom stereocenters. The van der Waals surface area contributed by atoms with Crippen molar-refractivity contribution in [2.45, 2.75) is 89.3 Å². The predicted molar refractivity (Wildman–Crippen MR) is 107 cm³/mol. The third-order valence-electron chi connectivity index (χ3n) is 9.95. The maximum Gasteiger partial charge on any atom is 0.335 e. The molecule has 28 heavy (non-hydrogen) atoms. The number of rotatable bonds is 1. The molecule has 0 spiro atoms. The summed E-state index contributed by atoms with van der Waals surface area (Å²) < 4.78 is 5.17. The lowest BCUT2D eigenvalue weighted by Crippen LogP contribution is -2.62. The second kappa shape index (κ2) is 6.18. The van der Waals surface area contributed by atoms with E-state index in [2.05, 4.69) is 13.8 Å². The highest BCUT2D eigenvalue weighted by Crippen LogP contribution is 2.70. The van der Waals surface area contributed by atoms with Crippen LogP contribution >= 0.6 is 0 Å². The summed E-state index contributed by atoms with van der Waals surface area (Å²) in [5.74, 6) is 1.76. The van der Waals surface area contributed by atoms with Gasteiger partial charge in [-0.05, 0) is 98.5 Å². The van der Waals surface area contributed by atoms with Gasteiger partial charge in [-0.3, -0.25) is 0 Å². The van der Waals surface area contributed by atoms with Crippen molar-refractivity contribution in [3.8, 4) is 0 Å². The van der Waals surface area contributed by atoms with Crippen LogP contribution < -0.4 is 5.63 Å². The van der Waals surface area contributed by atoms with Gasteiger partial charge in [0.25, 0.3) is 0 Å². The van der Waals surface area contributed by atoms with Crippen LogP contribution in [0.4, 0.5) is 0 Å². The molecule has 2 N–H and O–H groups in total. The van der Waals surface area contributed by atoms with Gasteiger partial charge in [0, 0.05) is 11.5 Å². The SMILES string of the molecule is C[C@@]12CC[C@@H](O)C[C@H]1CC[C@@H]1[C@@H]2CC[C@]2(C)[C@@H](c3ccc(=O)oc3)CC[C@]12O. The first-order valence-corrected chi connectivity index (χ1v) is 11.3. The van der Waals surface area contributed by atoms with E-state index < -0.39 is 5.60 Å². The molecule has 0 unspecified atom stereocenters. The Morgan fingerprint density at radius 1 is 1.00 bits per heavy atom. The maximum atomic E-state index is 12.2. The summed E-state index contributed by atoms with van der Waals surface area (Å²) in [6.07, 6.45) is 10.7. The van der Waals surface area contributed by atoms with Crippen molar-refractivity contribution in [3.05, 3.63) is 34.4 Å². The molecular weight excluding hydrogens is 352 g/mol. The lowest BCUT2D eigenvalue weighted by molar-refractivity contribution is -0.205. The van der Waals surface area contributed by atoms with E-state index in [4.69, 9.17) is 4.42 Å². The quantitative estimate of drug-likeness (QED) is 0.757. The van der Waals surface area contributed by atoms with Gasteiger partial charge in [-0.1, -0.05) is 13.8 Å². The van der Waals surface area contributed by atoms with Crippen LogP contribution in [0.25, 0.3) is 0 Å². The first-order valence-electron chi connectivity index (χ1n) is 11.3. The van der Waals surface area contributed by atoms with Gasteiger partial charge in [0.1, 0.15) is 0 Å². The van der Waals surface area contributed by atoms with E-state index in [1.165, 1.54) is 12.5 Å². The van der Waals surface area contributed by atoms with Crippen molar-refractivity contribution >= 4 is 0 Å². The fraction of sp³-hybridized carbons (Fsp3) is 0.792. The smallest absolute Gasteiger partial charge is 0.335 e. The van der Waals surface area contributed by atoms with Gasteiger partial charge >= 0.3 is 5.63 Å². The molecule has 4 saturated carbocycles. The number of aliphatic hydroxyl groups is 2. The summed E-state index contributed by atoms with van der Waals surface area (Å²) in [6, 6.07) is 3.42. The number of fused-ring (bicyclic) bond motifs is 5. The predicted octanol–water partition coefficient (Wildman–Crippen LogP) is 4.24. The Labute approximate surface area is 167 Å². The van der Waals surface area contributed by atoms with Crippen LogP contribution in [0, 0.1) is 28.6 Å². The molecule has 0 bridgehead atoms. The Kier molecular flexibility index (Phi) is 4.17. The summed E-state index contributed by atoms with van der Waals surface area (Å²) in [6.45, 7) is 4.73. The Balaban J connectivity index is 1.48. The van der Waals surface area contributed by atoms with Crippen LogP contribution in [-0.4, -0.2) is 21.9 Å². The Hall–Kier alpha value is -1.13. The maximum absolute atomic E-state index is 12.2. The number of hydrogen-bond donors (Lipinski definition) is 2. The van der Waals surface area contributed by atoms with Gasteiger partial charge in [-0.2, -0.15) is 0 Å². The molecule has 4 aliphatic rings. The van der Waals surface area contributed by atoms with Crippen LogP contribution in [-0.2, 0) is 0 Å². The second-order valence-electron chi connectivity index (χ2n) is 10.8. The van der Waals surface area contributed by atoms with Crippen molar-refractivity contribution in [3.63, 3.8) is 0 Å². The Bertz CT molecular complexity index is 797. The standard InChI is InChI=1S/C24H34O4/c1-22-10-7-17(25)13-16(22)4-5-20-19(22)8-11-23(2)18(9-12-24(20,23)27)15-3-6-21(26)28-14-15/h3,6,14,16-20,25,27H,4-5,7-13H2,1-2H3/t16-,17-,18-,19+,20-,22-,23-,24+/m1/s1. The Morgan fingerprint density at radius 2 is 1.82 bits per heavy atom. The topological polar surface area (TPSA) is 70.7 Å². The Morgan fingerprint density at radius 3 is 2.57 bits per heavy atom. The fourth-order valence-corrected chi connectivity index (χ4v) is 8.30. The molecular formula is C24H34O4. The average Bonchev–Trinajstić information content (AvgIpc) is 2.95. The molecule has 1 aromatic heterocycles. The molecule has 0 radical (unpaired) electrons. The summed E-state index contributed by atoms with van der Waals surface area (Å²) in [5.41, 5.74) is 0.219. The summed E-state index contributed by atoms with van der Waals surface area (Å²) in [7, 11) is 0. The zero-order valence-electron chi connectivity index (χ0n) is 17.2. The molecule has 1 aromatic rings. The summed E-state index contributed by atoms with van der Waals surface area (Å²) >= 11 is 0. The minimum absolute atomic E-state index is 0.129. The highest BCUT2D eigenvalue weighted by molar-refractivity contribution is 5.27. The van der Waals surface area contributed by atoms with Gasteiger partial charge in [-0.15, -0.1) is 0 Å². The van der Waals surface area contributed by atoms with E-state index in [0.717, 1.165) is 56.9 Å². The first-order chi connectivity index (χ1) is 13.3. The van der Waals surface area contributed by atoms with E-state index in [1.807, 2.05) is 6.07 Å². The van der Waals surface area contributed by atoms with Gasteiger partial charge < -0.3 is 14.6 Å². The summed E-state index contributed by atoms with van der Waals surface area (Å²) in [5, 5.41) is 22.4. The molecule has 0 aliphatic heterocycles. The highest BCUT2D eigenvalue weighted by atomic mass is 16.4.